The number of rotatable bonds is 3. The van der Waals surface area contributed by atoms with E-state index in [4.69, 9.17) is 5.73 Å². The number of nitrogens with zero attached hydrogens (tertiary/aromatic N) is 2. The molecule has 0 aromatic heterocycles. The van der Waals surface area contributed by atoms with Crippen molar-refractivity contribution in [3.05, 3.63) is 58.7 Å². The van der Waals surface area contributed by atoms with Gasteiger partial charge in [0.05, 0.1) is 11.3 Å². The highest BCUT2D eigenvalue weighted by Crippen LogP contribution is 2.28. The van der Waals surface area contributed by atoms with Crippen molar-refractivity contribution in [1.82, 2.24) is 0 Å². The molecule has 20 heavy (non-hydrogen) atoms. The van der Waals surface area contributed by atoms with Crippen LogP contribution in [0.3, 0.4) is 0 Å². The second kappa shape index (κ2) is 5.77. The summed E-state index contributed by atoms with van der Waals surface area (Å²) in [6.07, 6.45) is 0. The summed E-state index contributed by atoms with van der Waals surface area (Å²) in [7, 11) is 1.98. The van der Waals surface area contributed by atoms with Gasteiger partial charge in [-0.3, -0.25) is 0 Å². The van der Waals surface area contributed by atoms with Crippen LogP contribution in [0.2, 0.25) is 0 Å². The number of nitriles is 1. The van der Waals surface area contributed by atoms with Crippen molar-refractivity contribution in [2.75, 3.05) is 11.9 Å². The van der Waals surface area contributed by atoms with E-state index in [2.05, 4.69) is 38.1 Å². The van der Waals surface area contributed by atoms with Crippen LogP contribution < -0.4 is 10.6 Å². The second-order valence-electron chi connectivity index (χ2n) is 5.07. The highest BCUT2D eigenvalue weighted by Gasteiger charge is 2.10. The minimum Gasteiger partial charge on any atom is -0.344 e. The first kappa shape index (κ1) is 14.1. The maximum atomic E-state index is 9.33. The van der Waals surface area contributed by atoms with Gasteiger partial charge in [-0.25, -0.2) is 0 Å². The first-order chi connectivity index (χ1) is 9.55. The summed E-state index contributed by atoms with van der Waals surface area (Å²) in [5.74, 6) is 0. The summed E-state index contributed by atoms with van der Waals surface area (Å²) in [4.78, 5) is 2.04. The number of nitrogens with two attached hydrogens (primary N) is 1. The van der Waals surface area contributed by atoms with Gasteiger partial charge in [-0.15, -0.1) is 0 Å². The number of hydrogen-bond acceptors (Lipinski definition) is 3. The molecule has 0 atom stereocenters. The zero-order chi connectivity index (χ0) is 14.7. The van der Waals surface area contributed by atoms with Gasteiger partial charge in [0.1, 0.15) is 6.07 Å². The third-order valence-corrected chi connectivity index (χ3v) is 3.37. The SMILES string of the molecule is Cc1cc(C)cc(N(C)c2ccc(CN)cc2C#N)c1. The Bertz CT molecular complexity index is 648. The molecule has 2 rings (SSSR count). The molecule has 0 fully saturated rings. The second-order valence-corrected chi connectivity index (χ2v) is 5.07. The van der Waals surface area contributed by atoms with Gasteiger partial charge < -0.3 is 10.6 Å². The van der Waals surface area contributed by atoms with Crippen molar-refractivity contribution in [3.63, 3.8) is 0 Å². The van der Waals surface area contributed by atoms with Crippen LogP contribution in [0.4, 0.5) is 11.4 Å². The highest BCUT2D eigenvalue weighted by atomic mass is 15.1. The molecule has 2 aromatic carbocycles. The van der Waals surface area contributed by atoms with Crippen molar-refractivity contribution in [2.24, 2.45) is 5.73 Å². The molecule has 2 aromatic rings. The molecule has 0 saturated heterocycles. The van der Waals surface area contributed by atoms with E-state index in [-0.39, 0.29) is 0 Å². The standard InChI is InChI=1S/C17H19N3/c1-12-6-13(2)8-16(7-12)20(3)17-5-4-14(10-18)9-15(17)11-19/h4-9H,10,18H2,1-3H3. The first-order valence-corrected chi connectivity index (χ1v) is 6.60. The smallest absolute Gasteiger partial charge is 0.101 e. The lowest BCUT2D eigenvalue weighted by atomic mass is 10.1. The molecular weight excluding hydrogens is 246 g/mol. The van der Waals surface area contributed by atoms with Gasteiger partial charge in [0.15, 0.2) is 0 Å². The Hall–Kier alpha value is -2.31. The fourth-order valence-corrected chi connectivity index (χ4v) is 2.38. The maximum absolute atomic E-state index is 9.33. The quantitative estimate of drug-likeness (QED) is 0.925. The van der Waals surface area contributed by atoms with Crippen molar-refractivity contribution in [2.45, 2.75) is 20.4 Å². The summed E-state index contributed by atoms with van der Waals surface area (Å²) in [5.41, 5.74) is 11.7. The van der Waals surface area contributed by atoms with E-state index >= 15 is 0 Å². The zero-order valence-corrected chi connectivity index (χ0v) is 12.1. The van der Waals surface area contributed by atoms with Gasteiger partial charge in [0.25, 0.3) is 0 Å². The van der Waals surface area contributed by atoms with Gasteiger partial charge >= 0.3 is 0 Å². The Morgan fingerprint density at radius 1 is 1.10 bits per heavy atom. The zero-order valence-electron chi connectivity index (χ0n) is 12.1. The lowest BCUT2D eigenvalue weighted by molar-refractivity contribution is 1.06. The highest BCUT2D eigenvalue weighted by molar-refractivity contribution is 5.70. The average molecular weight is 265 g/mol. The van der Waals surface area contributed by atoms with E-state index in [1.54, 1.807) is 0 Å². The van der Waals surface area contributed by atoms with Crippen LogP contribution in [0.25, 0.3) is 0 Å². The summed E-state index contributed by atoms with van der Waals surface area (Å²) in [6, 6.07) is 14.4. The van der Waals surface area contributed by atoms with Crippen molar-refractivity contribution in [1.29, 1.82) is 5.26 Å². The molecule has 0 heterocycles. The predicted molar refractivity (Wildman–Crippen MR) is 83.0 cm³/mol. The molecule has 0 bridgehead atoms. The van der Waals surface area contributed by atoms with E-state index in [0.29, 0.717) is 12.1 Å². The van der Waals surface area contributed by atoms with Gasteiger partial charge in [-0.05, 0) is 54.8 Å². The van der Waals surface area contributed by atoms with E-state index in [1.807, 2.05) is 30.1 Å². The van der Waals surface area contributed by atoms with Gasteiger partial charge in [0, 0.05) is 19.3 Å². The summed E-state index contributed by atoms with van der Waals surface area (Å²) >= 11 is 0. The van der Waals surface area contributed by atoms with Crippen LogP contribution in [0.1, 0.15) is 22.3 Å². The van der Waals surface area contributed by atoms with E-state index in [0.717, 1.165) is 16.9 Å². The predicted octanol–water partition coefficient (Wildman–Crippen LogP) is 3.40. The molecule has 0 amide bonds. The Morgan fingerprint density at radius 3 is 2.30 bits per heavy atom. The molecule has 3 nitrogen and oxygen atoms in total. The Morgan fingerprint density at radius 2 is 1.75 bits per heavy atom. The van der Waals surface area contributed by atoms with Crippen LogP contribution in [0.15, 0.2) is 36.4 Å². The third kappa shape index (κ3) is 2.81. The van der Waals surface area contributed by atoms with Crippen LogP contribution >= 0.6 is 0 Å². The van der Waals surface area contributed by atoms with Gasteiger partial charge in [-0.1, -0.05) is 12.1 Å². The first-order valence-electron chi connectivity index (χ1n) is 6.60. The molecule has 0 unspecified atom stereocenters. The van der Waals surface area contributed by atoms with Crippen LogP contribution in [0, 0.1) is 25.2 Å². The Kier molecular flexibility index (Phi) is 4.07. The number of anilines is 2. The average Bonchev–Trinajstić information content (AvgIpc) is 2.44. The van der Waals surface area contributed by atoms with E-state index in [9.17, 15) is 5.26 Å². The van der Waals surface area contributed by atoms with Crippen LogP contribution in [-0.4, -0.2) is 7.05 Å². The molecule has 0 spiro atoms. The lowest BCUT2D eigenvalue weighted by Crippen LogP contribution is -2.12. The van der Waals surface area contributed by atoms with Gasteiger partial charge in [0.2, 0.25) is 0 Å². The largest absolute Gasteiger partial charge is 0.344 e. The molecule has 0 saturated carbocycles. The molecule has 0 radical (unpaired) electrons. The van der Waals surface area contributed by atoms with Gasteiger partial charge in [-0.2, -0.15) is 5.26 Å². The molecule has 0 aliphatic carbocycles. The lowest BCUT2D eigenvalue weighted by Gasteiger charge is -2.22. The normalized spacial score (nSPS) is 10.2. The number of aryl methyl sites for hydroxylation is 2. The molecule has 0 aliphatic rings. The molecule has 2 N–H and O–H groups in total. The topological polar surface area (TPSA) is 53.0 Å². The summed E-state index contributed by atoms with van der Waals surface area (Å²) < 4.78 is 0. The van der Waals surface area contributed by atoms with Crippen molar-refractivity contribution >= 4 is 11.4 Å². The molecular formula is C17H19N3. The molecule has 102 valence electrons. The van der Waals surface area contributed by atoms with Crippen molar-refractivity contribution in [3.8, 4) is 6.07 Å². The summed E-state index contributed by atoms with van der Waals surface area (Å²) in [5, 5.41) is 9.33. The monoisotopic (exact) mass is 265 g/mol. The number of hydrogen-bond donors (Lipinski definition) is 1. The van der Waals surface area contributed by atoms with E-state index < -0.39 is 0 Å². The maximum Gasteiger partial charge on any atom is 0.101 e. The summed E-state index contributed by atoms with van der Waals surface area (Å²) in [6.45, 7) is 4.60. The van der Waals surface area contributed by atoms with Crippen LogP contribution in [-0.2, 0) is 6.54 Å². The fourth-order valence-electron chi connectivity index (χ4n) is 2.38. The molecule has 3 heteroatoms. The minimum absolute atomic E-state index is 0.447. The Balaban J connectivity index is 2.47. The third-order valence-electron chi connectivity index (χ3n) is 3.37. The Labute approximate surface area is 120 Å². The number of benzene rings is 2. The van der Waals surface area contributed by atoms with Crippen molar-refractivity contribution < 1.29 is 0 Å². The fraction of sp³-hybridized carbons (Fsp3) is 0.235. The van der Waals surface area contributed by atoms with Crippen LogP contribution in [0.5, 0.6) is 0 Å². The molecule has 0 aliphatic heterocycles. The van der Waals surface area contributed by atoms with E-state index in [1.165, 1.54) is 11.1 Å². The minimum atomic E-state index is 0.447.